The Morgan fingerprint density at radius 3 is 2.79 bits per heavy atom. The van der Waals surface area contributed by atoms with E-state index in [2.05, 4.69) is 35.3 Å². The monoisotopic (exact) mass is 274 g/mol. The topological polar surface area (TPSA) is 52.0 Å². The predicted octanol–water partition coefficient (Wildman–Crippen LogP) is 3.43. The number of hydrogen-bond donors (Lipinski definition) is 1. The van der Waals surface area contributed by atoms with E-state index < -0.39 is 0 Å². The summed E-state index contributed by atoms with van der Waals surface area (Å²) in [7, 11) is 0. The molecule has 4 heteroatoms. The fourth-order valence-corrected chi connectivity index (χ4v) is 3.85. The molecule has 1 heterocycles. The molecule has 2 N–H and O–H groups in total. The van der Waals surface area contributed by atoms with Crippen LogP contribution >= 0.6 is 11.8 Å². The molecule has 0 saturated heterocycles. The molecule has 2 aromatic rings. The largest absolute Gasteiger partial charge is 0.440 e. The summed E-state index contributed by atoms with van der Waals surface area (Å²) in [5, 5.41) is 1.12. The molecular formula is C15H18N2OS. The van der Waals surface area contributed by atoms with E-state index in [1.165, 1.54) is 12.0 Å². The van der Waals surface area contributed by atoms with E-state index >= 15 is 0 Å². The van der Waals surface area contributed by atoms with Crippen molar-refractivity contribution in [1.82, 2.24) is 4.98 Å². The third-order valence-corrected chi connectivity index (χ3v) is 5.02. The lowest BCUT2D eigenvalue weighted by Gasteiger charge is -2.33. The third-order valence-electron chi connectivity index (χ3n) is 3.78. The van der Waals surface area contributed by atoms with Crippen molar-refractivity contribution in [3.8, 4) is 0 Å². The summed E-state index contributed by atoms with van der Waals surface area (Å²) in [5.74, 6) is 0.605. The number of nitrogens with two attached hydrogens (primary N) is 1. The summed E-state index contributed by atoms with van der Waals surface area (Å²) >= 11 is 1.67. The first-order chi connectivity index (χ1) is 9.33. The van der Waals surface area contributed by atoms with E-state index in [1.807, 2.05) is 0 Å². The molecule has 0 amide bonds. The van der Waals surface area contributed by atoms with E-state index in [-0.39, 0.29) is 6.04 Å². The lowest BCUT2D eigenvalue weighted by Crippen LogP contribution is -2.37. The molecule has 1 aliphatic carbocycles. The summed E-state index contributed by atoms with van der Waals surface area (Å²) in [6.07, 6.45) is 6.64. The average Bonchev–Trinajstić information content (AvgIpc) is 2.95. The Kier molecular flexibility index (Phi) is 3.89. The molecule has 0 aliphatic heterocycles. The maximum absolute atomic E-state index is 6.25. The van der Waals surface area contributed by atoms with Crippen LogP contribution in [0.3, 0.4) is 0 Å². The molecule has 19 heavy (non-hydrogen) atoms. The van der Waals surface area contributed by atoms with Crippen LogP contribution < -0.4 is 5.73 Å². The molecule has 100 valence electrons. The van der Waals surface area contributed by atoms with Crippen molar-refractivity contribution in [2.24, 2.45) is 5.73 Å². The van der Waals surface area contributed by atoms with Crippen LogP contribution in [-0.2, 0) is 0 Å². The van der Waals surface area contributed by atoms with Crippen molar-refractivity contribution in [3.63, 3.8) is 0 Å². The molecule has 1 saturated carbocycles. The van der Waals surface area contributed by atoms with E-state index in [4.69, 9.17) is 10.2 Å². The van der Waals surface area contributed by atoms with Gasteiger partial charge in [-0.25, -0.2) is 4.98 Å². The number of thioether (sulfide) groups is 1. The van der Waals surface area contributed by atoms with Crippen molar-refractivity contribution in [2.75, 3.05) is 0 Å². The number of oxazole rings is 1. The highest BCUT2D eigenvalue weighted by molar-refractivity contribution is 7.99. The quantitative estimate of drug-likeness (QED) is 0.931. The normalized spacial score (nSPS) is 27.3. The third kappa shape index (κ3) is 3.01. The van der Waals surface area contributed by atoms with Crippen molar-refractivity contribution in [1.29, 1.82) is 0 Å². The molecular weight excluding hydrogens is 256 g/mol. The summed E-state index contributed by atoms with van der Waals surface area (Å²) in [4.78, 5) is 4.18. The molecule has 3 rings (SSSR count). The fraction of sp³-hybridized carbons (Fsp3) is 0.400. The minimum absolute atomic E-state index is 0.233. The number of aromatic nitrogens is 1. The fourth-order valence-electron chi connectivity index (χ4n) is 2.71. The zero-order valence-electron chi connectivity index (χ0n) is 10.7. The zero-order valence-corrected chi connectivity index (χ0v) is 11.6. The van der Waals surface area contributed by atoms with Crippen LogP contribution in [0.1, 0.15) is 30.7 Å². The lowest BCUT2D eigenvalue weighted by atomic mass is 9.82. The Hall–Kier alpha value is -1.26. The molecule has 0 radical (unpaired) electrons. The number of rotatable bonds is 3. The van der Waals surface area contributed by atoms with Gasteiger partial charge in [0.2, 0.25) is 0 Å². The van der Waals surface area contributed by atoms with Crippen molar-refractivity contribution in [2.45, 2.75) is 41.7 Å². The Labute approximate surface area is 117 Å². The Morgan fingerprint density at radius 1 is 1.21 bits per heavy atom. The van der Waals surface area contributed by atoms with Gasteiger partial charge in [0.05, 0.1) is 6.20 Å². The minimum Gasteiger partial charge on any atom is -0.440 e. The molecule has 1 aromatic carbocycles. The molecule has 1 fully saturated rings. The second-order valence-electron chi connectivity index (χ2n) is 5.04. The lowest BCUT2D eigenvalue weighted by molar-refractivity contribution is 0.399. The maximum Gasteiger partial charge on any atom is 0.255 e. The summed E-state index contributed by atoms with van der Waals surface area (Å²) < 4.78 is 5.32. The van der Waals surface area contributed by atoms with Crippen LogP contribution in [0.5, 0.6) is 0 Å². The smallest absolute Gasteiger partial charge is 0.255 e. The van der Waals surface area contributed by atoms with Crippen LogP contribution in [0.4, 0.5) is 0 Å². The van der Waals surface area contributed by atoms with Gasteiger partial charge in [0.15, 0.2) is 0 Å². The van der Waals surface area contributed by atoms with Gasteiger partial charge in [0.1, 0.15) is 6.26 Å². The highest BCUT2D eigenvalue weighted by Gasteiger charge is 2.30. The summed E-state index contributed by atoms with van der Waals surface area (Å²) in [6, 6.07) is 11.0. The van der Waals surface area contributed by atoms with Gasteiger partial charge in [-0.05, 0) is 30.7 Å². The summed E-state index contributed by atoms with van der Waals surface area (Å²) in [5.41, 5.74) is 7.67. The zero-order chi connectivity index (χ0) is 13.1. The van der Waals surface area contributed by atoms with Gasteiger partial charge in [0, 0.05) is 11.3 Å². The van der Waals surface area contributed by atoms with Gasteiger partial charge in [-0.3, -0.25) is 0 Å². The maximum atomic E-state index is 6.25. The van der Waals surface area contributed by atoms with Crippen molar-refractivity contribution in [3.05, 3.63) is 48.4 Å². The van der Waals surface area contributed by atoms with Gasteiger partial charge >= 0.3 is 0 Å². The number of nitrogens with zero attached hydrogens (tertiary/aromatic N) is 1. The molecule has 0 bridgehead atoms. The van der Waals surface area contributed by atoms with Gasteiger partial charge in [0.25, 0.3) is 5.22 Å². The molecule has 3 nitrogen and oxygen atoms in total. The second kappa shape index (κ2) is 5.80. The SMILES string of the molecule is NC1CCC(c2ccccc2)CC1Sc1ncco1. The van der Waals surface area contributed by atoms with E-state index in [9.17, 15) is 0 Å². The van der Waals surface area contributed by atoms with Crippen LogP contribution in [0.15, 0.2) is 52.4 Å². The standard InChI is InChI=1S/C15H18N2OS/c16-13-7-6-12(11-4-2-1-3-5-11)10-14(13)19-15-17-8-9-18-15/h1-5,8-9,12-14H,6-7,10,16H2. The van der Waals surface area contributed by atoms with Gasteiger partial charge in [-0.2, -0.15) is 0 Å². The first kappa shape index (κ1) is 12.8. The Morgan fingerprint density at radius 2 is 2.05 bits per heavy atom. The molecule has 3 atom stereocenters. The number of hydrogen-bond acceptors (Lipinski definition) is 4. The average molecular weight is 274 g/mol. The number of benzene rings is 1. The molecule has 1 aromatic heterocycles. The van der Waals surface area contributed by atoms with Crippen LogP contribution in [0.25, 0.3) is 0 Å². The Balaban J connectivity index is 1.70. The molecule has 3 unspecified atom stereocenters. The highest BCUT2D eigenvalue weighted by atomic mass is 32.2. The first-order valence-electron chi connectivity index (χ1n) is 6.69. The van der Waals surface area contributed by atoms with E-state index in [1.54, 1.807) is 24.2 Å². The van der Waals surface area contributed by atoms with Crippen LogP contribution in [0.2, 0.25) is 0 Å². The molecule has 0 spiro atoms. The van der Waals surface area contributed by atoms with Crippen molar-refractivity contribution < 1.29 is 4.42 Å². The van der Waals surface area contributed by atoms with E-state index in [0.717, 1.165) is 18.1 Å². The Bertz CT molecular complexity index is 500. The first-order valence-corrected chi connectivity index (χ1v) is 7.57. The highest BCUT2D eigenvalue weighted by Crippen LogP contribution is 2.39. The van der Waals surface area contributed by atoms with Gasteiger partial charge in [-0.1, -0.05) is 42.1 Å². The van der Waals surface area contributed by atoms with Gasteiger partial charge < -0.3 is 10.2 Å². The van der Waals surface area contributed by atoms with E-state index in [0.29, 0.717) is 11.2 Å². The predicted molar refractivity (Wildman–Crippen MR) is 77.2 cm³/mol. The van der Waals surface area contributed by atoms with Crippen LogP contribution in [0, 0.1) is 0 Å². The minimum atomic E-state index is 0.233. The van der Waals surface area contributed by atoms with Crippen LogP contribution in [-0.4, -0.2) is 16.3 Å². The van der Waals surface area contributed by atoms with Crippen molar-refractivity contribution >= 4 is 11.8 Å². The summed E-state index contributed by atoms with van der Waals surface area (Å²) in [6.45, 7) is 0. The van der Waals surface area contributed by atoms with Gasteiger partial charge in [-0.15, -0.1) is 0 Å². The molecule has 1 aliphatic rings. The second-order valence-corrected chi connectivity index (χ2v) is 6.23.